The average molecular weight is 276 g/mol. The van der Waals surface area contributed by atoms with Crippen LogP contribution in [0, 0.1) is 0 Å². The lowest BCUT2D eigenvalue weighted by atomic mass is 10.0. The number of rotatable bonds is 4. The van der Waals surface area contributed by atoms with Crippen molar-refractivity contribution in [3.05, 3.63) is 35.9 Å². The van der Waals surface area contributed by atoms with E-state index in [4.69, 9.17) is 5.11 Å². The molecule has 1 heterocycles. The molecule has 1 fully saturated rings. The molecule has 2 rings (SSSR count). The van der Waals surface area contributed by atoms with Gasteiger partial charge in [0.1, 0.15) is 0 Å². The summed E-state index contributed by atoms with van der Waals surface area (Å²) in [6, 6.07) is 8.58. The normalized spacial score (nSPS) is 16.5. The van der Waals surface area contributed by atoms with Gasteiger partial charge in [-0.1, -0.05) is 30.3 Å². The highest BCUT2D eigenvalue weighted by Gasteiger charge is 2.22. The maximum Gasteiger partial charge on any atom is 0.317 e. The summed E-state index contributed by atoms with van der Waals surface area (Å²) in [7, 11) is 0. The maximum atomic E-state index is 12.2. The predicted molar refractivity (Wildman–Crippen MR) is 75.4 cm³/mol. The first-order chi connectivity index (χ1) is 9.66. The molecule has 5 heteroatoms. The monoisotopic (exact) mass is 276 g/mol. The van der Waals surface area contributed by atoms with Crippen LogP contribution in [0.15, 0.2) is 30.3 Å². The summed E-state index contributed by atoms with van der Waals surface area (Å²) in [6.07, 6.45) is 3.08. The Morgan fingerprint density at radius 1 is 1.15 bits per heavy atom. The number of nitrogens with one attached hydrogen (secondary N) is 1. The van der Waals surface area contributed by atoms with Crippen molar-refractivity contribution < 1.29 is 14.7 Å². The molecule has 0 spiro atoms. The summed E-state index contributed by atoms with van der Waals surface area (Å²) in [6.45, 7) is 1.50. The van der Waals surface area contributed by atoms with Gasteiger partial charge in [0.2, 0.25) is 0 Å². The highest BCUT2D eigenvalue weighted by molar-refractivity contribution is 5.76. The van der Waals surface area contributed by atoms with E-state index in [0.29, 0.717) is 0 Å². The summed E-state index contributed by atoms with van der Waals surface area (Å²) in [5, 5.41) is 11.8. The van der Waals surface area contributed by atoms with Crippen molar-refractivity contribution in [1.29, 1.82) is 0 Å². The van der Waals surface area contributed by atoms with Crippen LogP contribution in [0.3, 0.4) is 0 Å². The highest BCUT2D eigenvalue weighted by Crippen LogP contribution is 2.18. The summed E-state index contributed by atoms with van der Waals surface area (Å²) in [5.41, 5.74) is 0.820. The molecule has 0 radical (unpaired) electrons. The van der Waals surface area contributed by atoms with Crippen LogP contribution in [0.25, 0.3) is 0 Å². The lowest BCUT2D eigenvalue weighted by Gasteiger charge is -2.29. The van der Waals surface area contributed by atoms with Crippen molar-refractivity contribution in [1.82, 2.24) is 10.2 Å². The first kappa shape index (κ1) is 14.4. The number of aliphatic carboxylic acids is 1. The molecule has 0 saturated carbocycles. The van der Waals surface area contributed by atoms with E-state index in [9.17, 15) is 9.59 Å². The van der Waals surface area contributed by atoms with E-state index in [0.717, 1.165) is 37.9 Å². The molecular formula is C15H20N2O3. The van der Waals surface area contributed by atoms with Crippen molar-refractivity contribution in [3.63, 3.8) is 0 Å². The van der Waals surface area contributed by atoms with E-state index >= 15 is 0 Å². The Morgan fingerprint density at radius 2 is 1.80 bits per heavy atom. The van der Waals surface area contributed by atoms with Crippen molar-refractivity contribution in [2.45, 2.75) is 31.7 Å². The Kier molecular flexibility index (Phi) is 4.98. The molecule has 1 atom stereocenters. The summed E-state index contributed by atoms with van der Waals surface area (Å²) in [5.74, 6) is -0.919. The molecule has 0 aromatic heterocycles. The van der Waals surface area contributed by atoms with Gasteiger partial charge in [-0.3, -0.25) is 4.79 Å². The van der Waals surface area contributed by atoms with E-state index in [1.165, 1.54) is 0 Å². The third kappa shape index (κ3) is 3.98. The minimum absolute atomic E-state index is 0.108. The van der Waals surface area contributed by atoms with E-state index in [2.05, 4.69) is 5.32 Å². The lowest BCUT2D eigenvalue weighted by Crippen LogP contribution is -2.44. The molecule has 1 saturated heterocycles. The Labute approximate surface area is 118 Å². The van der Waals surface area contributed by atoms with Crippen molar-refractivity contribution in [2.24, 2.45) is 0 Å². The number of nitrogens with zero attached hydrogens (tertiary/aromatic N) is 1. The van der Waals surface area contributed by atoms with Crippen molar-refractivity contribution >= 4 is 12.0 Å². The number of carbonyl (C=O) groups is 2. The molecule has 108 valence electrons. The smallest absolute Gasteiger partial charge is 0.317 e. The molecule has 2 amide bonds. The average Bonchev–Trinajstić information content (AvgIpc) is 2.48. The number of carbonyl (C=O) groups excluding carboxylic acids is 1. The van der Waals surface area contributed by atoms with Crippen LogP contribution in [0.4, 0.5) is 4.79 Å². The van der Waals surface area contributed by atoms with Gasteiger partial charge in [-0.25, -0.2) is 4.79 Å². The second kappa shape index (κ2) is 6.93. The topological polar surface area (TPSA) is 69.6 Å². The van der Waals surface area contributed by atoms with Crippen molar-refractivity contribution in [3.8, 4) is 0 Å². The molecule has 20 heavy (non-hydrogen) atoms. The van der Waals surface area contributed by atoms with Gasteiger partial charge in [0.15, 0.2) is 0 Å². The van der Waals surface area contributed by atoms with Crippen molar-refractivity contribution in [2.75, 3.05) is 13.1 Å². The largest absolute Gasteiger partial charge is 0.481 e. The first-order valence-corrected chi connectivity index (χ1v) is 6.99. The molecule has 5 nitrogen and oxygen atoms in total. The zero-order valence-corrected chi connectivity index (χ0v) is 11.4. The fourth-order valence-corrected chi connectivity index (χ4v) is 2.45. The lowest BCUT2D eigenvalue weighted by molar-refractivity contribution is -0.137. The van der Waals surface area contributed by atoms with Crippen LogP contribution in [0.2, 0.25) is 0 Å². The Balaban J connectivity index is 2.03. The predicted octanol–water partition coefficient (Wildman–Crippen LogP) is 2.40. The zero-order valence-electron chi connectivity index (χ0n) is 11.4. The van der Waals surface area contributed by atoms with Gasteiger partial charge >= 0.3 is 12.0 Å². The third-order valence-electron chi connectivity index (χ3n) is 3.52. The summed E-state index contributed by atoms with van der Waals surface area (Å²) < 4.78 is 0. The van der Waals surface area contributed by atoms with E-state index in [-0.39, 0.29) is 12.5 Å². The van der Waals surface area contributed by atoms with Crippen LogP contribution < -0.4 is 5.32 Å². The quantitative estimate of drug-likeness (QED) is 0.887. The third-order valence-corrected chi connectivity index (χ3v) is 3.52. The Hall–Kier alpha value is -2.04. The maximum absolute atomic E-state index is 12.2. The van der Waals surface area contributed by atoms with E-state index < -0.39 is 12.0 Å². The molecule has 1 aromatic carbocycles. The van der Waals surface area contributed by atoms with Gasteiger partial charge < -0.3 is 15.3 Å². The van der Waals surface area contributed by atoms with Crippen LogP contribution >= 0.6 is 0 Å². The second-order valence-corrected chi connectivity index (χ2v) is 5.06. The van der Waals surface area contributed by atoms with Gasteiger partial charge in [0.25, 0.3) is 0 Å². The van der Waals surface area contributed by atoms with Gasteiger partial charge in [-0.15, -0.1) is 0 Å². The fourth-order valence-electron chi connectivity index (χ4n) is 2.45. The number of piperidine rings is 1. The molecule has 1 aromatic rings. The van der Waals surface area contributed by atoms with Gasteiger partial charge in [0.05, 0.1) is 12.5 Å². The standard InChI is InChI=1S/C15H20N2O3/c18-14(19)11-13(12-7-3-1-4-8-12)16-15(20)17-9-5-2-6-10-17/h1,3-4,7-8,13H,2,5-6,9-11H2,(H,16,20)(H,18,19). The zero-order chi connectivity index (χ0) is 14.4. The first-order valence-electron chi connectivity index (χ1n) is 6.99. The number of hydrogen-bond donors (Lipinski definition) is 2. The Morgan fingerprint density at radius 3 is 2.40 bits per heavy atom. The van der Waals surface area contributed by atoms with Crippen LogP contribution in [0.5, 0.6) is 0 Å². The highest BCUT2D eigenvalue weighted by atomic mass is 16.4. The number of hydrogen-bond acceptors (Lipinski definition) is 2. The molecule has 1 aliphatic rings. The Bertz CT molecular complexity index is 455. The fraction of sp³-hybridized carbons (Fsp3) is 0.467. The molecule has 0 bridgehead atoms. The number of likely N-dealkylation sites (tertiary alicyclic amines) is 1. The van der Waals surface area contributed by atoms with Crippen LogP contribution in [-0.2, 0) is 4.79 Å². The number of amides is 2. The molecule has 0 aliphatic carbocycles. The van der Waals surface area contributed by atoms with E-state index in [1.54, 1.807) is 4.90 Å². The SMILES string of the molecule is O=C(O)CC(NC(=O)N1CCCCC1)c1ccccc1. The van der Waals surface area contributed by atoms with Gasteiger partial charge in [0, 0.05) is 13.1 Å². The number of carboxylic acid groups (broad SMARTS) is 1. The van der Waals surface area contributed by atoms with E-state index in [1.807, 2.05) is 30.3 Å². The van der Waals surface area contributed by atoms with Crippen LogP contribution in [-0.4, -0.2) is 35.1 Å². The molecule has 2 N–H and O–H groups in total. The minimum atomic E-state index is -0.919. The number of urea groups is 1. The van der Waals surface area contributed by atoms with Gasteiger partial charge in [-0.05, 0) is 24.8 Å². The molecule has 1 aliphatic heterocycles. The number of carboxylic acids is 1. The summed E-state index contributed by atoms with van der Waals surface area (Å²) >= 11 is 0. The second-order valence-electron chi connectivity index (χ2n) is 5.06. The summed E-state index contributed by atoms with van der Waals surface area (Å²) in [4.78, 5) is 24.9. The van der Waals surface area contributed by atoms with Gasteiger partial charge in [-0.2, -0.15) is 0 Å². The molecular weight excluding hydrogens is 256 g/mol. The minimum Gasteiger partial charge on any atom is -0.481 e. The van der Waals surface area contributed by atoms with Crippen LogP contribution in [0.1, 0.15) is 37.3 Å². The molecule has 1 unspecified atom stereocenters. The number of benzene rings is 1.